The molecule has 5 nitrogen and oxygen atoms in total. The number of aryl methyl sites for hydroxylation is 2. The second-order valence-electron chi connectivity index (χ2n) is 6.43. The van der Waals surface area contributed by atoms with Crippen molar-refractivity contribution in [3.63, 3.8) is 0 Å². The van der Waals surface area contributed by atoms with Gasteiger partial charge < -0.3 is 5.32 Å². The smallest absolute Gasteiger partial charge is 0.257 e. The predicted octanol–water partition coefficient (Wildman–Crippen LogP) is 4.75. The predicted molar refractivity (Wildman–Crippen MR) is 114 cm³/mol. The lowest BCUT2D eigenvalue weighted by atomic mass is 10.1. The number of anilines is 1. The van der Waals surface area contributed by atoms with Crippen LogP contribution in [0.2, 0.25) is 5.02 Å². The monoisotopic (exact) mass is 392 g/mol. The number of hydrogen-bond acceptors (Lipinski definition) is 3. The van der Waals surface area contributed by atoms with Crippen LogP contribution in [0.5, 0.6) is 0 Å². The number of halogens is 1. The minimum Gasteiger partial charge on any atom is -0.326 e. The fourth-order valence-corrected chi connectivity index (χ4v) is 2.77. The first kappa shape index (κ1) is 19.6. The number of aliphatic imine (C=N–C) groups is 1. The van der Waals surface area contributed by atoms with E-state index in [2.05, 4.69) is 20.6 Å². The maximum Gasteiger partial charge on any atom is 0.257 e. The summed E-state index contributed by atoms with van der Waals surface area (Å²) in [6.45, 7) is 4.28. The third kappa shape index (κ3) is 5.41. The quantitative estimate of drug-likeness (QED) is 0.497. The molecule has 0 unspecified atom stereocenters. The molecule has 0 bridgehead atoms. The fourth-order valence-electron chi connectivity index (χ4n) is 2.59. The zero-order valence-corrected chi connectivity index (χ0v) is 16.5. The molecule has 0 aliphatic rings. The molecule has 0 saturated carbocycles. The van der Waals surface area contributed by atoms with Crippen LogP contribution in [0.15, 0.2) is 72.0 Å². The number of hydrogen-bond donors (Lipinski definition) is 2. The molecule has 0 spiro atoms. The van der Waals surface area contributed by atoms with E-state index < -0.39 is 0 Å². The summed E-state index contributed by atoms with van der Waals surface area (Å²) in [7, 11) is 0. The Kier molecular flexibility index (Phi) is 6.40. The van der Waals surface area contributed by atoms with Crippen molar-refractivity contribution in [1.29, 1.82) is 0 Å². The lowest BCUT2D eigenvalue weighted by Crippen LogP contribution is -2.36. The van der Waals surface area contributed by atoms with E-state index in [0.717, 1.165) is 22.4 Å². The third-order valence-electron chi connectivity index (χ3n) is 4.11. The molecule has 0 aliphatic carbocycles. The van der Waals surface area contributed by atoms with E-state index in [1.807, 2.05) is 56.3 Å². The summed E-state index contributed by atoms with van der Waals surface area (Å²) in [6.07, 6.45) is 3.45. The minimum atomic E-state index is -0.235. The molecule has 0 saturated heterocycles. The molecule has 2 aromatic carbocycles. The number of pyridine rings is 1. The molecule has 6 heteroatoms. The number of benzene rings is 2. The van der Waals surface area contributed by atoms with Gasteiger partial charge in [0.15, 0.2) is 0 Å². The van der Waals surface area contributed by atoms with E-state index in [0.29, 0.717) is 23.1 Å². The molecule has 28 heavy (non-hydrogen) atoms. The third-order valence-corrected chi connectivity index (χ3v) is 4.34. The summed E-state index contributed by atoms with van der Waals surface area (Å²) in [5.41, 5.74) is 4.29. The molecule has 1 amide bonds. The van der Waals surface area contributed by atoms with Crippen molar-refractivity contribution in [1.82, 2.24) is 10.3 Å². The van der Waals surface area contributed by atoms with Gasteiger partial charge in [0, 0.05) is 28.7 Å². The van der Waals surface area contributed by atoms with Crippen LogP contribution in [-0.4, -0.2) is 16.9 Å². The number of amides is 1. The van der Waals surface area contributed by atoms with Crippen LogP contribution in [0.1, 0.15) is 27.0 Å². The molecule has 3 rings (SSSR count). The van der Waals surface area contributed by atoms with Crippen LogP contribution in [0.4, 0.5) is 5.69 Å². The Morgan fingerprint density at radius 1 is 1.11 bits per heavy atom. The van der Waals surface area contributed by atoms with E-state index in [4.69, 9.17) is 11.6 Å². The van der Waals surface area contributed by atoms with Gasteiger partial charge in [0.25, 0.3) is 5.91 Å². The Hall–Kier alpha value is -3.18. The first-order chi connectivity index (χ1) is 13.5. The largest absolute Gasteiger partial charge is 0.326 e. The average molecular weight is 393 g/mol. The SMILES string of the molecule is Cc1cccc(C(=O)NC(=NCc2cccnc2)Nc2cc(Cl)ccc2C)c1. The van der Waals surface area contributed by atoms with Gasteiger partial charge in [-0.15, -0.1) is 0 Å². The molecule has 0 radical (unpaired) electrons. The van der Waals surface area contributed by atoms with Crippen LogP contribution in [0, 0.1) is 13.8 Å². The Morgan fingerprint density at radius 3 is 2.71 bits per heavy atom. The van der Waals surface area contributed by atoms with Crippen molar-refractivity contribution in [3.05, 3.63) is 94.3 Å². The standard InChI is InChI=1S/C22H21ClN4O/c1-15-5-3-7-18(11-15)21(28)27-22(25-14-17-6-4-10-24-13-17)26-20-12-19(23)9-8-16(20)2/h3-13H,14H2,1-2H3,(H2,25,26,27,28). The Bertz CT molecular complexity index is 1000. The van der Waals surface area contributed by atoms with E-state index in [9.17, 15) is 4.79 Å². The van der Waals surface area contributed by atoms with Crippen LogP contribution < -0.4 is 10.6 Å². The molecule has 3 aromatic rings. The number of nitrogens with one attached hydrogen (secondary N) is 2. The van der Waals surface area contributed by atoms with Crippen molar-refractivity contribution in [2.75, 3.05) is 5.32 Å². The van der Waals surface area contributed by atoms with Gasteiger partial charge in [0.1, 0.15) is 0 Å². The Morgan fingerprint density at radius 2 is 1.96 bits per heavy atom. The van der Waals surface area contributed by atoms with Gasteiger partial charge in [-0.3, -0.25) is 15.1 Å². The second-order valence-corrected chi connectivity index (χ2v) is 6.87. The maximum absolute atomic E-state index is 12.7. The van der Waals surface area contributed by atoms with Crippen molar-refractivity contribution in [3.8, 4) is 0 Å². The molecular formula is C22H21ClN4O. The number of guanidine groups is 1. The van der Waals surface area contributed by atoms with E-state index in [1.54, 1.807) is 24.5 Å². The van der Waals surface area contributed by atoms with Crippen molar-refractivity contribution in [2.24, 2.45) is 4.99 Å². The lowest BCUT2D eigenvalue weighted by molar-refractivity contribution is 0.0977. The van der Waals surface area contributed by atoms with E-state index in [1.165, 1.54) is 0 Å². The van der Waals surface area contributed by atoms with Gasteiger partial charge in [-0.25, -0.2) is 4.99 Å². The van der Waals surface area contributed by atoms with E-state index in [-0.39, 0.29) is 5.91 Å². The molecule has 142 valence electrons. The van der Waals surface area contributed by atoms with Gasteiger partial charge in [-0.2, -0.15) is 0 Å². The highest BCUT2D eigenvalue weighted by Crippen LogP contribution is 2.20. The first-order valence-corrected chi connectivity index (χ1v) is 9.23. The van der Waals surface area contributed by atoms with Gasteiger partial charge in [0.05, 0.1) is 6.54 Å². The fraction of sp³-hybridized carbons (Fsp3) is 0.136. The summed E-state index contributed by atoms with van der Waals surface area (Å²) in [4.78, 5) is 21.3. The van der Waals surface area contributed by atoms with E-state index >= 15 is 0 Å². The summed E-state index contributed by atoms with van der Waals surface area (Å²) < 4.78 is 0. The Labute approximate surface area is 169 Å². The van der Waals surface area contributed by atoms with Crippen molar-refractivity contribution < 1.29 is 4.79 Å². The highest BCUT2D eigenvalue weighted by molar-refractivity contribution is 6.31. The summed E-state index contributed by atoms with van der Waals surface area (Å²) in [5.74, 6) is 0.113. The zero-order valence-electron chi connectivity index (χ0n) is 15.7. The topological polar surface area (TPSA) is 66.4 Å². The zero-order chi connectivity index (χ0) is 19.9. The second kappa shape index (κ2) is 9.15. The van der Waals surface area contributed by atoms with Crippen LogP contribution in [0.3, 0.4) is 0 Å². The molecule has 2 N–H and O–H groups in total. The molecule has 0 aliphatic heterocycles. The van der Waals surface area contributed by atoms with Gasteiger partial charge >= 0.3 is 0 Å². The number of carbonyl (C=O) groups is 1. The summed E-state index contributed by atoms with van der Waals surface area (Å²) in [5, 5.41) is 6.65. The van der Waals surface area contributed by atoms with Crippen molar-refractivity contribution in [2.45, 2.75) is 20.4 Å². The molecule has 0 atom stereocenters. The van der Waals surface area contributed by atoms with Crippen LogP contribution in [0.25, 0.3) is 0 Å². The lowest BCUT2D eigenvalue weighted by Gasteiger charge is -2.14. The maximum atomic E-state index is 12.7. The van der Waals surface area contributed by atoms with Crippen LogP contribution >= 0.6 is 11.6 Å². The number of nitrogens with zero attached hydrogens (tertiary/aromatic N) is 2. The first-order valence-electron chi connectivity index (χ1n) is 8.86. The highest BCUT2D eigenvalue weighted by Gasteiger charge is 2.11. The highest BCUT2D eigenvalue weighted by atomic mass is 35.5. The molecule has 0 fully saturated rings. The number of rotatable bonds is 4. The average Bonchev–Trinajstić information content (AvgIpc) is 2.69. The number of carbonyl (C=O) groups excluding carboxylic acids is 1. The normalized spacial score (nSPS) is 11.2. The minimum absolute atomic E-state index is 0.235. The Balaban J connectivity index is 1.85. The van der Waals surface area contributed by atoms with Crippen molar-refractivity contribution >= 4 is 29.2 Å². The summed E-state index contributed by atoms with van der Waals surface area (Å²) in [6, 6.07) is 16.7. The van der Waals surface area contributed by atoms with Crippen LogP contribution in [-0.2, 0) is 6.54 Å². The number of aromatic nitrogens is 1. The van der Waals surface area contributed by atoms with Gasteiger partial charge in [0.2, 0.25) is 5.96 Å². The molecule has 1 aromatic heterocycles. The van der Waals surface area contributed by atoms with Gasteiger partial charge in [-0.1, -0.05) is 41.4 Å². The molecular weight excluding hydrogens is 372 g/mol. The van der Waals surface area contributed by atoms with Gasteiger partial charge in [-0.05, 0) is 55.3 Å². The molecule has 1 heterocycles. The summed E-state index contributed by atoms with van der Waals surface area (Å²) >= 11 is 6.12.